The number of thiophene rings is 1. The van der Waals surface area contributed by atoms with Gasteiger partial charge in [-0.1, -0.05) is 0 Å². The maximum atomic E-state index is 12.1. The highest BCUT2D eigenvalue weighted by atomic mass is 32.1. The van der Waals surface area contributed by atoms with Gasteiger partial charge in [-0.2, -0.15) is 11.3 Å². The van der Waals surface area contributed by atoms with Crippen molar-refractivity contribution < 1.29 is 4.79 Å². The molecule has 2 fully saturated rings. The molecule has 1 aliphatic heterocycles. The normalized spacial score (nSPS) is 20.3. The second-order valence-corrected chi connectivity index (χ2v) is 6.64. The fourth-order valence-corrected chi connectivity index (χ4v) is 3.27. The lowest BCUT2D eigenvalue weighted by atomic mass is 10.2. The molecule has 3 rings (SSSR count). The summed E-state index contributed by atoms with van der Waals surface area (Å²) in [5.41, 5.74) is 1.39. The molecule has 0 atom stereocenters. The van der Waals surface area contributed by atoms with E-state index in [1.165, 1.54) is 18.4 Å². The number of carbonyl (C=O) groups is 1. The number of amides is 1. The van der Waals surface area contributed by atoms with E-state index < -0.39 is 0 Å². The van der Waals surface area contributed by atoms with Gasteiger partial charge in [-0.15, -0.1) is 0 Å². The van der Waals surface area contributed by atoms with Gasteiger partial charge in [-0.25, -0.2) is 0 Å². The van der Waals surface area contributed by atoms with Crippen molar-refractivity contribution in [1.82, 2.24) is 15.1 Å². The van der Waals surface area contributed by atoms with Gasteiger partial charge in [0, 0.05) is 32.7 Å². The van der Waals surface area contributed by atoms with Crippen LogP contribution in [0.3, 0.4) is 0 Å². The molecule has 0 bridgehead atoms. The second kappa shape index (κ2) is 6.70. The molecule has 2 aliphatic rings. The lowest BCUT2D eigenvalue weighted by molar-refractivity contribution is -0.132. The van der Waals surface area contributed by atoms with Crippen LogP contribution in [0.2, 0.25) is 0 Å². The Morgan fingerprint density at radius 2 is 2.10 bits per heavy atom. The molecule has 0 radical (unpaired) electrons. The summed E-state index contributed by atoms with van der Waals surface area (Å²) in [6, 6.07) is 2.18. The van der Waals surface area contributed by atoms with Crippen LogP contribution in [0.1, 0.15) is 18.4 Å². The second-order valence-electron chi connectivity index (χ2n) is 5.86. The Morgan fingerprint density at radius 1 is 1.30 bits per heavy atom. The number of nitrogens with one attached hydrogen (secondary N) is 1. The lowest BCUT2D eigenvalue weighted by Crippen LogP contribution is -2.50. The van der Waals surface area contributed by atoms with Gasteiger partial charge in [0.15, 0.2) is 0 Å². The van der Waals surface area contributed by atoms with Crippen LogP contribution in [0.15, 0.2) is 16.8 Å². The molecular formula is C15H23N3OS. The summed E-state index contributed by atoms with van der Waals surface area (Å²) >= 11 is 1.75. The van der Waals surface area contributed by atoms with Crippen molar-refractivity contribution in [2.45, 2.75) is 19.4 Å². The van der Waals surface area contributed by atoms with Crippen LogP contribution in [0.4, 0.5) is 0 Å². The Hall–Kier alpha value is -0.910. The highest BCUT2D eigenvalue weighted by Gasteiger charge is 2.23. The fourth-order valence-electron chi connectivity index (χ4n) is 2.61. The van der Waals surface area contributed by atoms with Crippen LogP contribution in [0.5, 0.6) is 0 Å². The summed E-state index contributed by atoms with van der Waals surface area (Å²) in [6.07, 6.45) is 2.67. The van der Waals surface area contributed by atoms with E-state index in [1.54, 1.807) is 11.3 Å². The minimum Gasteiger partial charge on any atom is -0.339 e. The molecule has 5 heteroatoms. The molecule has 1 saturated heterocycles. The summed E-state index contributed by atoms with van der Waals surface area (Å²) in [5.74, 6) is 1.10. The van der Waals surface area contributed by atoms with Crippen LogP contribution in [0.25, 0.3) is 0 Å². The van der Waals surface area contributed by atoms with E-state index in [9.17, 15) is 4.79 Å². The first-order valence-corrected chi connectivity index (χ1v) is 8.47. The van der Waals surface area contributed by atoms with Gasteiger partial charge in [0.05, 0.1) is 6.54 Å². The van der Waals surface area contributed by atoms with E-state index in [4.69, 9.17) is 0 Å². The zero-order valence-electron chi connectivity index (χ0n) is 11.9. The van der Waals surface area contributed by atoms with Gasteiger partial charge in [0.2, 0.25) is 5.91 Å². The summed E-state index contributed by atoms with van der Waals surface area (Å²) in [6.45, 7) is 6.27. The molecule has 1 saturated carbocycles. The quantitative estimate of drug-likeness (QED) is 0.861. The summed E-state index contributed by atoms with van der Waals surface area (Å²) < 4.78 is 0. The number of piperazine rings is 1. The summed E-state index contributed by atoms with van der Waals surface area (Å²) in [4.78, 5) is 16.5. The van der Waals surface area contributed by atoms with Crippen molar-refractivity contribution in [1.29, 1.82) is 0 Å². The van der Waals surface area contributed by atoms with Crippen LogP contribution in [-0.4, -0.2) is 55.0 Å². The molecular weight excluding hydrogens is 270 g/mol. The molecule has 0 unspecified atom stereocenters. The molecule has 1 N–H and O–H groups in total. The van der Waals surface area contributed by atoms with Crippen LogP contribution in [0, 0.1) is 5.92 Å². The molecule has 1 aromatic heterocycles. The summed E-state index contributed by atoms with van der Waals surface area (Å²) in [5, 5.41) is 7.62. The molecule has 20 heavy (non-hydrogen) atoms. The SMILES string of the molecule is O=C(CNCC1CC1)N1CCN(Cc2ccsc2)CC1. The largest absolute Gasteiger partial charge is 0.339 e. The smallest absolute Gasteiger partial charge is 0.236 e. The monoisotopic (exact) mass is 293 g/mol. The number of hydrogen-bond donors (Lipinski definition) is 1. The predicted molar refractivity (Wildman–Crippen MR) is 81.8 cm³/mol. The van der Waals surface area contributed by atoms with Gasteiger partial charge < -0.3 is 10.2 Å². The molecule has 1 aliphatic carbocycles. The fraction of sp³-hybridized carbons (Fsp3) is 0.667. The van der Waals surface area contributed by atoms with E-state index in [1.807, 2.05) is 4.90 Å². The minimum atomic E-state index is 0.265. The Labute approximate surface area is 124 Å². The molecule has 4 nitrogen and oxygen atoms in total. The van der Waals surface area contributed by atoms with E-state index >= 15 is 0 Å². The zero-order chi connectivity index (χ0) is 13.8. The zero-order valence-corrected chi connectivity index (χ0v) is 12.7. The lowest BCUT2D eigenvalue weighted by Gasteiger charge is -2.34. The van der Waals surface area contributed by atoms with Gasteiger partial charge in [-0.05, 0) is 47.7 Å². The molecule has 110 valence electrons. The topological polar surface area (TPSA) is 35.6 Å². The van der Waals surface area contributed by atoms with Crippen molar-refractivity contribution in [2.24, 2.45) is 5.92 Å². The predicted octanol–water partition coefficient (Wildman–Crippen LogP) is 1.39. The average Bonchev–Trinajstić information content (AvgIpc) is 3.15. The van der Waals surface area contributed by atoms with Crippen molar-refractivity contribution >= 4 is 17.2 Å². The summed E-state index contributed by atoms with van der Waals surface area (Å²) in [7, 11) is 0. The molecule has 0 aromatic carbocycles. The average molecular weight is 293 g/mol. The Balaban J connectivity index is 1.35. The van der Waals surface area contributed by atoms with Crippen LogP contribution in [-0.2, 0) is 11.3 Å². The van der Waals surface area contributed by atoms with E-state index in [0.29, 0.717) is 6.54 Å². The van der Waals surface area contributed by atoms with Crippen LogP contribution < -0.4 is 5.32 Å². The standard InChI is InChI=1S/C15H23N3OS/c19-15(10-16-9-13-1-2-13)18-6-4-17(5-7-18)11-14-3-8-20-12-14/h3,8,12-13,16H,1-2,4-7,9-11H2. The van der Waals surface area contributed by atoms with Gasteiger partial charge in [0.25, 0.3) is 0 Å². The van der Waals surface area contributed by atoms with Crippen LogP contribution >= 0.6 is 11.3 Å². The Morgan fingerprint density at radius 3 is 2.75 bits per heavy atom. The maximum absolute atomic E-state index is 12.1. The van der Waals surface area contributed by atoms with Gasteiger partial charge in [-0.3, -0.25) is 9.69 Å². The first-order chi connectivity index (χ1) is 9.81. The Bertz CT molecular complexity index is 422. The number of carbonyl (C=O) groups excluding carboxylic acids is 1. The Kier molecular flexibility index (Phi) is 4.70. The number of rotatable bonds is 6. The third kappa shape index (κ3) is 4.04. The van der Waals surface area contributed by atoms with Gasteiger partial charge >= 0.3 is 0 Å². The van der Waals surface area contributed by atoms with Crippen molar-refractivity contribution in [3.05, 3.63) is 22.4 Å². The maximum Gasteiger partial charge on any atom is 0.236 e. The van der Waals surface area contributed by atoms with Crippen molar-refractivity contribution in [2.75, 3.05) is 39.3 Å². The van der Waals surface area contributed by atoms with Gasteiger partial charge in [0.1, 0.15) is 0 Å². The van der Waals surface area contributed by atoms with Crippen molar-refractivity contribution in [3.63, 3.8) is 0 Å². The third-order valence-corrected chi connectivity index (χ3v) is 4.85. The molecule has 1 amide bonds. The number of nitrogens with zero attached hydrogens (tertiary/aromatic N) is 2. The van der Waals surface area contributed by atoms with E-state index in [2.05, 4.69) is 27.0 Å². The minimum absolute atomic E-state index is 0.265. The first-order valence-electron chi connectivity index (χ1n) is 7.53. The number of hydrogen-bond acceptors (Lipinski definition) is 4. The highest BCUT2D eigenvalue weighted by Crippen LogP contribution is 2.27. The highest BCUT2D eigenvalue weighted by molar-refractivity contribution is 7.07. The molecule has 0 spiro atoms. The van der Waals surface area contributed by atoms with Crippen molar-refractivity contribution in [3.8, 4) is 0 Å². The molecule has 2 heterocycles. The molecule has 1 aromatic rings. The first kappa shape index (κ1) is 14.0. The third-order valence-electron chi connectivity index (χ3n) is 4.12. The van der Waals surface area contributed by atoms with E-state index in [-0.39, 0.29) is 5.91 Å². The van der Waals surface area contributed by atoms with E-state index in [0.717, 1.165) is 45.2 Å².